The van der Waals surface area contributed by atoms with Crippen molar-refractivity contribution < 1.29 is 22.9 Å². The molecular formula is C6H10O5SSr. The van der Waals surface area contributed by atoms with Crippen molar-refractivity contribution in [1.29, 1.82) is 0 Å². The molecule has 0 saturated heterocycles. The molecule has 0 radical (unpaired) electrons. The van der Waals surface area contributed by atoms with E-state index in [0.29, 0.717) is 12.8 Å². The van der Waals surface area contributed by atoms with E-state index in [0.717, 1.165) is 0 Å². The Labute approximate surface area is 115 Å². The molecule has 0 heterocycles. The first-order valence-corrected chi connectivity index (χ1v) is 5.13. The number of rotatable bonds is 6. The number of carbonyl (C=O) groups excluding carboxylic acids is 1. The second-order valence-corrected chi connectivity index (χ2v) is 3.97. The third-order valence-corrected chi connectivity index (χ3v) is 2.06. The van der Waals surface area contributed by atoms with Gasteiger partial charge < -0.3 is 14.5 Å². The molecule has 0 amide bonds. The molecule has 0 rings (SSSR count). The summed E-state index contributed by atoms with van der Waals surface area (Å²) >= 11 is 0. The van der Waals surface area contributed by atoms with Gasteiger partial charge in [-0.1, -0.05) is 6.42 Å². The molecule has 0 aliphatic carbocycles. The molecule has 0 spiro atoms. The zero-order valence-electron chi connectivity index (χ0n) is 7.19. The van der Waals surface area contributed by atoms with Crippen molar-refractivity contribution in [2.45, 2.75) is 25.7 Å². The van der Waals surface area contributed by atoms with Crippen LogP contribution in [-0.2, 0) is 14.9 Å². The second-order valence-electron chi connectivity index (χ2n) is 2.44. The van der Waals surface area contributed by atoms with E-state index < -0.39 is 21.8 Å². The molecule has 0 aromatic heterocycles. The number of aliphatic carboxylic acids is 1. The zero-order chi connectivity index (χ0) is 9.61. The number of carboxylic acids is 1. The van der Waals surface area contributed by atoms with E-state index in [1.165, 1.54) is 0 Å². The molecule has 0 fully saturated rings. The summed E-state index contributed by atoms with van der Waals surface area (Å²) in [5.74, 6) is -1.57. The Bertz CT molecular complexity index is 235. The maximum absolute atomic E-state index is 10.0. The number of hydrogen-bond donors (Lipinski definition) is 0. The Morgan fingerprint density at radius 3 is 2.08 bits per heavy atom. The van der Waals surface area contributed by atoms with Crippen molar-refractivity contribution >= 4 is 61.6 Å². The summed E-state index contributed by atoms with van der Waals surface area (Å²) in [6.07, 6.45) is 0.922. The Hall–Kier alpha value is 0.861. The topological polar surface area (TPSA) is 97.3 Å². The quantitative estimate of drug-likeness (QED) is 0.334. The van der Waals surface area contributed by atoms with Crippen LogP contribution in [0.15, 0.2) is 0 Å². The van der Waals surface area contributed by atoms with Crippen molar-refractivity contribution in [2.75, 3.05) is 5.75 Å². The summed E-state index contributed by atoms with van der Waals surface area (Å²) in [5, 5.41) is 9.87. The van der Waals surface area contributed by atoms with Gasteiger partial charge in [0.05, 0.1) is 10.1 Å². The average Bonchev–Trinajstić information content (AvgIpc) is 1.83. The molecule has 13 heavy (non-hydrogen) atoms. The summed E-state index contributed by atoms with van der Waals surface area (Å²) in [6.45, 7) is 0. The second kappa shape index (κ2) is 8.19. The summed E-state index contributed by atoms with van der Waals surface area (Å²) in [7, 11) is -4.14. The maximum atomic E-state index is 10.0. The number of unbranched alkanes of at least 4 members (excludes halogenated alkanes) is 2. The van der Waals surface area contributed by atoms with Crippen LogP contribution in [0.25, 0.3) is 0 Å². The summed E-state index contributed by atoms with van der Waals surface area (Å²) in [4.78, 5) is 9.87. The molecule has 0 unspecified atom stereocenters. The maximum Gasteiger partial charge on any atom is 2.00 e. The molecule has 0 atom stereocenters. The molecular weight excluding hydrogens is 272 g/mol. The molecule has 0 aliphatic heterocycles. The van der Waals surface area contributed by atoms with E-state index in [1.807, 2.05) is 0 Å². The van der Waals surface area contributed by atoms with E-state index in [1.54, 1.807) is 0 Å². The molecule has 72 valence electrons. The predicted octanol–water partition coefficient (Wildman–Crippen LogP) is -1.54. The first kappa shape index (κ1) is 16.3. The van der Waals surface area contributed by atoms with Gasteiger partial charge in [0.25, 0.3) is 0 Å². The van der Waals surface area contributed by atoms with E-state index >= 15 is 0 Å². The van der Waals surface area contributed by atoms with Crippen molar-refractivity contribution in [3.8, 4) is 0 Å². The molecule has 0 aromatic carbocycles. The largest absolute Gasteiger partial charge is 2.00 e. The van der Waals surface area contributed by atoms with Crippen LogP contribution in [0, 0.1) is 0 Å². The minimum atomic E-state index is -4.14. The van der Waals surface area contributed by atoms with Gasteiger partial charge in [-0.25, -0.2) is 8.42 Å². The van der Waals surface area contributed by atoms with Crippen LogP contribution in [0.4, 0.5) is 0 Å². The van der Waals surface area contributed by atoms with Gasteiger partial charge in [0.15, 0.2) is 0 Å². The van der Waals surface area contributed by atoms with Crippen LogP contribution in [0.3, 0.4) is 0 Å². The molecule has 0 aromatic rings. The van der Waals surface area contributed by atoms with Crippen LogP contribution in [-0.4, -0.2) is 70.2 Å². The third-order valence-electron chi connectivity index (χ3n) is 1.28. The van der Waals surface area contributed by atoms with Gasteiger partial charge in [-0.3, -0.25) is 0 Å². The van der Waals surface area contributed by atoms with Crippen LogP contribution < -0.4 is 5.11 Å². The molecule has 0 bridgehead atoms. The minimum absolute atomic E-state index is 0. The van der Waals surface area contributed by atoms with Gasteiger partial charge in [-0.15, -0.1) is 0 Å². The fourth-order valence-electron chi connectivity index (χ4n) is 0.725. The van der Waals surface area contributed by atoms with Gasteiger partial charge >= 0.3 is 45.5 Å². The Morgan fingerprint density at radius 2 is 1.69 bits per heavy atom. The standard InChI is InChI=1S/C6H12O5S.Sr/c7-6(8)4-2-1-3-5-12(9,10)11;/h1-5H2,(H,7,8)(H,9,10,11);/q;+2/p-2. The van der Waals surface area contributed by atoms with E-state index in [-0.39, 0.29) is 58.3 Å². The Morgan fingerprint density at radius 1 is 1.15 bits per heavy atom. The first-order chi connectivity index (χ1) is 5.42. The number of carboxylic acid groups (broad SMARTS) is 1. The molecule has 7 heteroatoms. The van der Waals surface area contributed by atoms with E-state index in [9.17, 15) is 22.9 Å². The molecule has 0 saturated carbocycles. The van der Waals surface area contributed by atoms with E-state index in [4.69, 9.17) is 0 Å². The smallest absolute Gasteiger partial charge is 0.748 e. The van der Waals surface area contributed by atoms with Gasteiger partial charge in [0.2, 0.25) is 0 Å². The Balaban J connectivity index is 0. The monoisotopic (exact) mass is 282 g/mol. The number of hydrogen-bond acceptors (Lipinski definition) is 5. The van der Waals surface area contributed by atoms with Crippen molar-refractivity contribution in [3.05, 3.63) is 0 Å². The van der Waals surface area contributed by atoms with Crippen LogP contribution in [0.1, 0.15) is 25.7 Å². The van der Waals surface area contributed by atoms with Crippen LogP contribution in [0.5, 0.6) is 0 Å². The molecule has 5 nitrogen and oxygen atoms in total. The summed E-state index contributed by atoms with van der Waals surface area (Å²) in [6, 6.07) is 0. The predicted molar refractivity (Wildman–Crippen MR) is 43.8 cm³/mol. The van der Waals surface area contributed by atoms with Crippen molar-refractivity contribution in [2.24, 2.45) is 0 Å². The fraction of sp³-hybridized carbons (Fsp3) is 0.833. The van der Waals surface area contributed by atoms with Crippen molar-refractivity contribution in [1.82, 2.24) is 0 Å². The van der Waals surface area contributed by atoms with Gasteiger partial charge in [-0.2, -0.15) is 0 Å². The third kappa shape index (κ3) is 15.6. The van der Waals surface area contributed by atoms with Crippen molar-refractivity contribution in [3.63, 3.8) is 0 Å². The normalized spacial score (nSPS) is 10.5. The summed E-state index contributed by atoms with van der Waals surface area (Å²) in [5.41, 5.74) is 0. The summed E-state index contributed by atoms with van der Waals surface area (Å²) < 4.78 is 30.1. The number of carbonyl (C=O) groups is 1. The Kier molecular flexibility index (Phi) is 10.3. The average molecular weight is 282 g/mol. The molecule has 0 aliphatic rings. The van der Waals surface area contributed by atoms with Crippen LogP contribution in [0.2, 0.25) is 0 Å². The van der Waals surface area contributed by atoms with Gasteiger partial charge in [0.1, 0.15) is 0 Å². The van der Waals surface area contributed by atoms with Gasteiger partial charge in [0, 0.05) is 11.7 Å². The fourth-order valence-corrected chi connectivity index (χ4v) is 1.28. The first-order valence-electron chi connectivity index (χ1n) is 3.55. The SMILES string of the molecule is O=C([O-])CCCCCS(=O)(=O)[O-].[Sr+2]. The molecule has 0 N–H and O–H groups in total. The van der Waals surface area contributed by atoms with E-state index in [2.05, 4.69) is 0 Å². The zero-order valence-corrected chi connectivity index (χ0v) is 11.5. The minimum Gasteiger partial charge on any atom is -0.748 e. The van der Waals surface area contributed by atoms with Gasteiger partial charge in [-0.05, 0) is 19.3 Å². The van der Waals surface area contributed by atoms with Crippen LogP contribution >= 0.6 is 0 Å².